The lowest BCUT2D eigenvalue weighted by Crippen LogP contribution is -2.30. The number of rotatable bonds is 7. The van der Waals surface area contributed by atoms with Gasteiger partial charge in [0.1, 0.15) is 5.75 Å². The highest BCUT2D eigenvalue weighted by molar-refractivity contribution is 7.99. The molecule has 10 heteroatoms. The Kier molecular flexibility index (Phi) is 7.18. The standard InChI is InChI=1S/C26H19Cl2F2N3O2S/c27-20-10-5-17(13-21(20)28)23-14-31-26(33(23)18-6-8-19(9-7-18)35-25(29)30)36-15-24(34)32-12-11-16-3-1-2-4-22(16)32/h1-10,13-14,25H,11-12,15H2. The van der Waals surface area contributed by atoms with Crippen LogP contribution >= 0.6 is 35.0 Å². The fourth-order valence-electron chi connectivity index (χ4n) is 4.12. The lowest BCUT2D eigenvalue weighted by Gasteiger charge is -2.17. The molecule has 0 saturated carbocycles. The van der Waals surface area contributed by atoms with Crippen LogP contribution in [0.4, 0.5) is 14.5 Å². The van der Waals surface area contributed by atoms with Crippen LogP contribution in [0.3, 0.4) is 0 Å². The molecule has 0 spiro atoms. The van der Waals surface area contributed by atoms with Gasteiger partial charge < -0.3 is 9.64 Å². The van der Waals surface area contributed by atoms with Crippen LogP contribution in [0, 0.1) is 0 Å². The Bertz CT molecular complexity index is 1410. The van der Waals surface area contributed by atoms with E-state index >= 15 is 0 Å². The fraction of sp³-hybridized carbons (Fsp3) is 0.154. The van der Waals surface area contributed by atoms with Gasteiger partial charge in [0.15, 0.2) is 5.16 Å². The Labute approximate surface area is 220 Å². The van der Waals surface area contributed by atoms with Gasteiger partial charge in [-0.15, -0.1) is 0 Å². The van der Waals surface area contributed by atoms with Crippen LogP contribution in [-0.2, 0) is 11.2 Å². The molecule has 0 fully saturated rings. The molecule has 5 rings (SSSR count). The summed E-state index contributed by atoms with van der Waals surface area (Å²) >= 11 is 13.6. The maximum Gasteiger partial charge on any atom is 0.387 e. The molecule has 0 atom stereocenters. The molecule has 1 amide bonds. The van der Waals surface area contributed by atoms with Crippen molar-refractivity contribution in [1.82, 2.24) is 9.55 Å². The highest BCUT2D eigenvalue weighted by Crippen LogP contribution is 2.35. The van der Waals surface area contributed by atoms with Crippen LogP contribution in [-0.4, -0.2) is 34.4 Å². The largest absolute Gasteiger partial charge is 0.435 e. The van der Waals surface area contributed by atoms with Gasteiger partial charge in [-0.1, -0.05) is 59.2 Å². The summed E-state index contributed by atoms with van der Waals surface area (Å²) in [6.07, 6.45) is 2.51. The summed E-state index contributed by atoms with van der Waals surface area (Å²) in [5.74, 6) is 0.206. The highest BCUT2D eigenvalue weighted by atomic mass is 35.5. The second-order valence-electron chi connectivity index (χ2n) is 7.98. The number of imidazole rings is 1. The van der Waals surface area contributed by atoms with Gasteiger partial charge in [-0.05, 0) is 54.4 Å². The maximum atomic E-state index is 13.1. The molecule has 1 aliphatic heterocycles. The van der Waals surface area contributed by atoms with Crippen molar-refractivity contribution in [3.8, 4) is 22.7 Å². The number of carbonyl (C=O) groups is 1. The number of benzene rings is 3. The first-order chi connectivity index (χ1) is 17.4. The van der Waals surface area contributed by atoms with Crippen molar-refractivity contribution >= 4 is 46.6 Å². The Morgan fingerprint density at radius 2 is 1.83 bits per heavy atom. The Morgan fingerprint density at radius 3 is 2.58 bits per heavy atom. The zero-order valence-corrected chi connectivity index (χ0v) is 21.0. The van der Waals surface area contributed by atoms with Crippen LogP contribution < -0.4 is 9.64 Å². The van der Waals surface area contributed by atoms with Crippen LogP contribution in [0.1, 0.15) is 5.56 Å². The number of amides is 1. The number of thioether (sulfide) groups is 1. The predicted octanol–water partition coefficient (Wildman–Crippen LogP) is 7.13. The number of anilines is 1. The summed E-state index contributed by atoms with van der Waals surface area (Å²) in [7, 11) is 0. The molecule has 0 unspecified atom stereocenters. The minimum Gasteiger partial charge on any atom is -0.435 e. The van der Waals surface area contributed by atoms with Gasteiger partial charge in [-0.25, -0.2) is 4.98 Å². The van der Waals surface area contributed by atoms with Gasteiger partial charge in [0, 0.05) is 23.5 Å². The zero-order chi connectivity index (χ0) is 25.2. The summed E-state index contributed by atoms with van der Waals surface area (Å²) in [5, 5.41) is 1.38. The predicted molar refractivity (Wildman–Crippen MR) is 139 cm³/mol. The molecule has 184 valence electrons. The minimum atomic E-state index is -2.91. The summed E-state index contributed by atoms with van der Waals surface area (Å²) in [4.78, 5) is 19.4. The smallest absolute Gasteiger partial charge is 0.387 e. The van der Waals surface area contributed by atoms with Crippen molar-refractivity contribution < 1.29 is 18.3 Å². The quantitative estimate of drug-likeness (QED) is 0.232. The molecule has 1 aliphatic rings. The van der Waals surface area contributed by atoms with E-state index in [-0.39, 0.29) is 17.4 Å². The van der Waals surface area contributed by atoms with E-state index in [1.165, 1.54) is 23.9 Å². The van der Waals surface area contributed by atoms with Crippen molar-refractivity contribution in [2.75, 3.05) is 17.2 Å². The van der Waals surface area contributed by atoms with Gasteiger partial charge >= 0.3 is 6.61 Å². The van der Waals surface area contributed by atoms with Crippen molar-refractivity contribution in [3.63, 3.8) is 0 Å². The number of hydrogen-bond donors (Lipinski definition) is 0. The summed E-state index contributed by atoms with van der Waals surface area (Å²) < 4.78 is 31.6. The van der Waals surface area contributed by atoms with Crippen molar-refractivity contribution in [2.24, 2.45) is 0 Å². The van der Waals surface area contributed by atoms with Crippen molar-refractivity contribution in [2.45, 2.75) is 18.2 Å². The normalized spacial score (nSPS) is 12.8. The first-order valence-corrected chi connectivity index (χ1v) is 12.7. The van der Waals surface area contributed by atoms with E-state index in [1.54, 1.807) is 35.4 Å². The van der Waals surface area contributed by atoms with E-state index in [9.17, 15) is 13.6 Å². The number of para-hydroxylation sites is 1. The molecule has 1 aromatic heterocycles. The third kappa shape index (κ3) is 5.07. The van der Waals surface area contributed by atoms with Crippen LogP contribution in [0.25, 0.3) is 16.9 Å². The molecule has 4 aromatic rings. The van der Waals surface area contributed by atoms with E-state index in [4.69, 9.17) is 23.2 Å². The zero-order valence-electron chi connectivity index (χ0n) is 18.7. The number of carbonyl (C=O) groups excluding carboxylic acids is 1. The average Bonchev–Trinajstić information content (AvgIpc) is 3.49. The molecule has 5 nitrogen and oxygen atoms in total. The monoisotopic (exact) mass is 545 g/mol. The summed E-state index contributed by atoms with van der Waals surface area (Å²) in [5.41, 5.74) is 4.23. The number of ether oxygens (including phenoxy) is 1. The number of halogens is 4. The van der Waals surface area contributed by atoms with Gasteiger partial charge in [0.2, 0.25) is 5.91 Å². The molecular weight excluding hydrogens is 527 g/mol. The van der Waals surface area contributed by atoms with E-state index in [0.717, 1.165) is 23.2 Å². The van der Waals surface area contributed by atoms with Gasteiger partial charge in [-0.2, -0.15) is 8.78 Å². The number of hydrogen-bond acceptors (Lipinski definition) is 4. The van der Waals surface area contributed by atoms with Gasteiger partial charge in [0.25, 0.3) is 0 Å². The van der Waals surface area contributed by atoms with Crippen molar-refractivity contribution in [3.05, 3.63) is 88.5 Å². The Hall–Kier alpha value is -3.07. The summed E-state index contributed by atoms with van der Waals surface area (Å²) in [6.45, 7) is -2.27. The number of aromatic nitrogens is 2. The van der Waals surface area contributed by atoms with Crippen LogP contribution in [0.15, 0.2) is 78.1 Å². The Morgan fingerprint density at radius 1 is 1.06 bits per heavy atom. The number of fused-ring (bicyclic) bond motifs is 1. The molecule has 0 bridgehead atoms. The molecule has 3 aromatic carbocycles. The minimum absolute atomic E-state index is 0.0173. The molecule has 0 radical (unpaired) electrons. The molecule has 2 heterocycles. The molecule has 0 aliphatic carbocycles. The SMILES string of the molecule is O=C(CSc1ncc(-c2ccc(Cl)c(Cl)c2)n1-c1ccc(OC(F)F)cc1)N1CCc2ccccc21. The number of alkyl halides is 2. The van der Waals surface area contributed by atoms with E-state index in [2.05, 4.69) is 9.72 Å². The van der Waals surface area contributed by atoms with Crippen molar-refractivity contribution in [1.29, 1.82) is 0 Å². The van der Waals surface area contributed by atoms with Crippen LogP contribution in [0.5, 0.6) is 5.75 Å². The molecule has 0 N–H and O–H groups in total. The number of nitrogens with zero attached hydrogens (tertiary/aromatic N) is 3. The highest BCUT2D eigenvalue weighted by Gasteiger charge is 2.25. The lowest BCUT2D eigenvalue weighted by molar-refractivity contribution is -0.116. The lowest BCUT2D eigenvalue weighted by atomic mass is 10.1. The second kappa shape index (κ2) is 10.5. The van der Waals surface area contributed by atoms with E-state index in [0.29, 0.717) is 33.1 Å². The second-order valence-corrected chi connectivity index (χ2v) is 9.73. The summed E-state index contributed by atoms with van der Waals surface area (Å²) in [6, 6.07) is 19.4. The van der Waals surface area contributed by atoms with Crippen LogP contribution in [0.2, 0.25) is 10.0 Å². The fourth-order valence-corrected chi connectivity index (χ4v) is 5.29. The Balaban J connectivity index is 1.45. The topological polar surface area (TPSA) is 47.4 Å². The molecule has 36 heavy (non-hydrogen) atoms. The maximum absolute atomic E-state index is 13.1. The molecular formula is C26H19Cl2F2N3O2S. The first-order valence-electron chi connectivity index (χ1n) is 11.0. The first kappa shape index (κ1) is 24.6. The van der Waals surface area contributed by atoms with E-state index in [1.807, 2.05) is 34.9 Å². The van der Waals surface area contributed by atoms with E-state index < -0.39 is 6.61 Å². The molecule has 0 saturated heterocycles. The average molecular weight is 546 g/mol. The van der Waals surface area contributed by atoms with Gasteiger partial charge in [0.05, 0.1) is 27.7 Å². The van der Waals surface area contributed by atoms with Gasteiger partial charge in [-0.3, -0.25) is 9.36 Å². The third-order valence-electron chi connectivity index (χ3n) is 5.78. The third-order valence-corrected chi connectivity index (χ3v) is 7.45.